The second-order valence-electron chi connectivity index (χ2n) is 6.57. The highest BCUT2D eigenvalue weighted by Gasteiger charge is 2.30. The molecule has 0 spiro atoms. The van der Waals surface area contributed by atoms with Crippen molar-refractivity contribution < 1.29 is 41.7 Å². The molecule has 1 atom stereocenters. The molecule has 2 N–H and O–H groups in total. The maximum absolute atomic E-state index is 13.2. The van der Waals surface area contributed by atoms with Crippen LogP contribution in [0.5, 0.6) is 23.0 Å². The number of methoxy groups -OCH3 is 4. The van der Waals surface area contributed by atoms with Crippen molar-refractivity contribution in [3.8, 4) is 23.0 Å². The topological polar surface area (TPSA) is 138 Å². The Bertz CT molecular complexity index is 1180. The molecule has 12 heteroatoms. The first-order valence-corrected chi connectivity index (χ1v) is 10.7. The Balaban J connectivity index is 2.12. The molecule has 32 heavy (non-hydrogen) atoms. The number of fused-ring (bicyclic) bond motifs is 1. The van der Waals surface area contributed by atoms with Gasteiger partial charge in [0.1, 0.15) is 11.4 Å². The van der Waals surface area contributed by atoms with Crippen LogP contribution in [-0.4, -0.2) is 54.8 Å². The Morgan fingerprint density at radius 1 is 1.06 bits per heavy atom. The van der Waals surface area contributed by atoms with E-state index in [2.05, 4.69) is 10.0 Å². The van der Waals surface area contributed by atoms with Gasteiger partial charge in [0.2, 0.25) is 5.75 Å². The van der Waals surface area contributed by atoms with E-state index in [9.17, 15) is 18.0 Å². The first-order valence-electron chi connectivity index (χ1n) is 9.22. The van der Waals surface area contributed by atoms with Crippen molar-refractivity contribution in [2.75, 3.05) is 38.5 Å². The van der Waals surface area contributed by atoms with Gasteiger partial charge in [-0.2, -0.15) is 0 Å². The van der Waals surface area contributed by atoms with Gasteiger partial charge in [-0.3, -0.25) is 9.52 Å². The van der Waals surface area contributed by atoms with Gasteiger partial charge in [-0.15, -0.1) is 0 Å². The zero-order valence-electron chi connectivity index (χ0n) is 18.0. The summed E-state index contributed by atoms with van der Waals surface area (Å²) in [5.74, 6) is -0.790. The van der Waals surface area contributed by atoms with Gasteiger partial charge in [0.25, 0.3) is 15.9 Å². The van der Waals surface area contributed by atoms with Gasteiger partial charge < -0.3 is 29.0 Å². The number of carbonyl (C=O) groups excluding carboxylic acids is 2. The average molecular weight is 466 g/mol. The van der Waals surface area contributed by atoms with Crippen LogP contribution in [-0.2, 0) is 19.6 Å². The molecule has 11 nitrogen and oxygen atoms in total. The van der Waals surface area contributed by atoms with Crippen molar-refractivity contribution >= 4 is 33.3 Å². The fourth-order valence-electron chi connectivity index (χ4n) is 3.08. The number of sulfonamides is 1. The number of rotatable bonds is 7. The fourth-order valence-corrected chi connectivity index (χ4v) is 4.19. The number of hydrogen-bond donors (Lipinski definition) is 2. The summed E-state index contributed by atoms with van der Waals surface area (Å²) in [6, 6.07) is 5.24. The predicted octanol–water partition coefficient (Wildman–Crippen LogP) is 2.02. The van der Waals surface area contributed by atoms with E-state index in [4.69, 9.17) is 23.7 Å². The van der Waals surface area contributed by atoms with E-state index < -0.39 is 28.0 Å². The first kappa shape index (κ1) is 23.0. The molecule has 0 radical (unpaired) electrons. The van der Waals surface area contributed by atoms with Crippen LogP contribution < -0.4 is 29.0 Å². The van der Waals surface area contributed by atoms with Crippen LogP contribution in [0.25, 0.3) is 0 Å². The number of hydrogen-bond acceptors (Lipinski definition) is 9. The molecule has 1 amide bonds. The minimum Gasteiger partial charge on any atom is -0.493 e. The third kappa shape index (κ3) is 4.08. The van der Waals surface area contributed by atoms with Gasteiger partial charge in [0.15, 0.2) is 17.6 Å². The lowest BCUT2D eigenvalue weighted by Crippen LogP contribution is -2.34. The quantitative estimate of drug-likeness (QED) is 0.587. The molecule has 0 aliphatic carbocycles. The summed E-state index contributed by atoms with van der Waals surface area (Å²) in [7, 11) is 0.861. The Morgan fingerprint density at radius 3 is 2.34 bits per heavy atom. The van der Waals surface area contributed by atoms with Crippen LogP contribution in [0.3, 0.4) is 0 Å². The van der Waals surface area contributed by atoms with Crippen molar-refractivity contribution in [2.24, 2.45) is 0 Å². The molecule has 1 aliphatic heterocycles. The first-order chi connectivity index (χ1) is 15.2. The summed E-state index contributed by atoms with van der Waals surface area (Å²) < 4.78 is 54.8. The number of carbonyl (C=O) groups is 2. The smallest absolute Gasteiger partial charge is 0.340 e. The highest BCUT2D eigenvalue weighted by Crippen LogP contribution is 2.46. The van der Waals surface area contributed by atoms with Gasteiger partial charge >= 0.3 is 5.97 Å². The second kappa shape index (κ2) is 8.83. The van der Waals surface area contributed by atoms with E-state index >= 15 is 0 Å². The molecule has 2 aromatic rings. The summed E-state index contributed by atoms with van der Waals surface area (Å²) in [6.07, 6.45) is -0.707. The summed E-state index contributed by atoms with van der Waals surface area (Å²) >= 11 is 0. The van der Waals surface area contributed by atoms with Crippen LogP contribution >= 0.6 is 0 Å². The average Bonchev–Trinajstić information content (AvgIpc) is 2.78. The summed E-state index contributed by atoms with van der Waals surface area (Å²) in [5.41, 5.74) is -0.166. The summed E-state index contributed by atoms with van der Waals surface area (Å²) in [5, 5.41) is 2.59. The van der Waals surface area contributed by atoms with Gasteiger partial charge in [-0.05, 0) is 25.1 Å². The van der Waals surface area contributed by atoms with E-state index in [0.717, 1.165) is 7.11 Å². The number of amides is 1. The lowest BCUT2D eigenvalue weighted by Gasteiger charge is -2.24. The SMILES string of the molecule is COC(=O)c1cc(OC)c(OC)c(OC)c1NS(=O)(=O)c1ccc2c(c1)NC(=O)[C@H](C)O2. The van der Waals surface area contributed by atoms with Crippen LogP contribution in [0.15, 0.2) is 29.2 Å². The lowest BCUT2D eigenvalue weighted by molar-refractivity contribution is -0.122. The van der Waals surface area contributed by atoms with Gasteiger partial charge in [-0.1, -0.05) is 0 Å². The van der Waals surface area contributed by atoms with Crippen molar-refractivity contribution in [3.05, 3.63) is 29.8 Å². The second-order valence-corrected chi connectivity index (χ2v) is 8.25. The van der Waals surface area contributed by atoms with Gasteiger partial charge in [-0.25, -0.2) is 13.2 Å². The van der Waals surface area contributed by atoms with Gasteiger partial charge in [0.05, 0.1) is 44.6 Å². The Labute approximate surface area is 184 Å². The van der Waals surface area contributed by atoms with Gasteiger partial charge in [0, 0.05) is 6.07 Å². The highest BCUT2D eigenvalue weighted by atomic mass is 32.2. The summed E-state index contributed by atoms with van der Waals surface area (Å²) in [4.78, 5) is 24.1. The van der Waals surface area contributed by atoms with E-state index in [0.29, 0.717) is 5.75 Å². The van der Waals surface area contributed by atoms with Crippen LogP contribution in [0.2, 0.25) is 0 Å². The molecule has 0 unspecified atom stereocenters. The number of esters is 1. The Kier molecular flexibility index (Phi) is 6.35. The number of nitrogens with one attached hydrogen (secondary N) is 2. The molecule has 1 aliphatic rings. The molecule has 2 aromatic carbocycles. The zero-order valence-corrected chi connectivity index (χ0v) is 18.8. The van der Waals surface area contributed by atoms with E-state index in [1.165, 1.54) is 45.6 Å². The number of anilines is 2. The minimum atomic E-state index is -4.26. The molecule has 0 saturated carbocycles. The van der Waals surface area contributed by atoms with Crippen molar-refractivity contribution in [1.82, 2.24) is 0 Å². The Hall–Kier alpha value is -3.67. The number of ether oxygens (including phenoxy) is 5. The minimum absolute atomic E-state index is 0.0699. The number of benzene rings is 2. The van der Waals surface area contributed by atoms with E-state index in [-0.39, 0.29) is 39.1 Å². The molecule has 0 fully saturated rings. The molecular formula is C20H22N2O9S. The predicted molar refractivity (Wildman–Crippen MR) is 113 cm³/mol. The van der Waals surface area contributed by atoms with Crippen LogP contribution in [0.4, 0.5) is 11.4 Å². The van der Waals surface area contributed by atoms with E-state index in [1.54, 1.807) is 6.92 Å². The van der Waals surface area contributed by atoms with E-state index in [1.807, 2.05) is 0 Å². The lowest BCUT2D eigenvalue weighted by atomic mass is 10.1. The third-order valence-corrected chi connectivity index (χ3v) is 6.01. The monoisotopic (exact) mass is 466 g/mol. The zero-order chi connectivity index (χ0) is 23.6. The molecule has 3 rings (SSSR count). The standard InChI is InChI=1S/C20H22N2O9S/c1-10-19(23)21-13-8-11(6-7-14(13)31-10)32(25,26)22-16-12(20(24)30-5)9-15(27-2)17(28-3)18(16)29-4/h6-10,22H,1-5H3,(H,21,23)/t10-/m0/s1. The molecule has 172 valence electrons. The molecular weight excluding hydrogens is 444 g/mol. The van der Waals surface area contributed by atoms with Crippen molar-refractivity contribution in [2.45, 2.75) is 17.9 Å². The maximum atomic E-state index is 13.2. The largest absolute Gasteiger partial charge is 0.493 e. The Morgan fingerprint density at radius 2 is 1.75 bits per heavy atom. The van der Waals surface area contributed by atoms with Crippen molar-refractivity contribution in [3.63, 3.8) is 0 Å². The molecule has 0 bridgehead atoms. The molecule has 0 aromatic heterocycles. The molecule has 1 heterocycles. The van der Waals surface area contributed by atoms with Crippen LogP contribution in [0, 0.1) is 0 Å². The fraction of sp³-hybridized carbons (Fsp3) is 0.300. The molecule has 0 saturated heterocycles. The van der Waals surface area contributed by atoms with Crippen molar-refractivity contribution in [1.29, 1.82) is 0 Å². The highest BCUT2D eigenvalue weighted by molar-refractivity contribution is 7.92. The normalized spacial score (nSPS) is 15.0. The summed E-state index contributed by atoms with van der Waals surface area (Å²) in [6.45, 7) is 1.57. The maximum Gasteiger partial charge on any atom is 0.340 e. The third-order valence-electron chi connectivity index (χ3n) is 4.66. The van der Waals surface area contributed by atoms with Crippen LogP contribution in [0.1, 0.15) is 17.3 Å².